The molecule has 1 saturated carbocycles. The molecule has 1 aliphatic carbocycles. The van der Waals surface area contributed by atoms with E-state index in [2.05, 4.69) is 10.3 Å². The topological polar surface area (TPSA) is 85.1 Å². The highest BCUT2D eigenvalue weighted by Crippen LogP contribution is 2.37. The number of thiazole rings is 1. The number of primary sulfonamides is 1. The number of halogens is 1. The molecule has 0 spiro atoms. The number of nitrogens with one attached hydrogen (secondary N) is 1. The molecule has 1 aromatic heterocycles. The van der Waals surface area contributed by atoms with Gasteiger partial charge >= 0.3 is 0 Å². The first-order valence-electron chi connectivity index (χ1n) is 6.94. The summed E-state index contributed by atoms with van der Waals surface area (Å²) < 4.78 is 35.7. The number of anilines is 1. The van der Waals surface area contributed by atoms with Gasteiger partial charge in [-0.25, -0.2) is 22.9 Å². The molecule has 3 rings (SSSR count). The van der Waals surface area contributed by atoms with Crippen LogP contribution >= 0.6 is 11.3 Å². The van der Waals surface area contributed by atoms with Crippen LogP contribution < -0.4 is 10.5 Å². The Hall–Kier alpha value is -1.51. The van der Waals surface area contributed by atoms with E-state index in [1.165, 1.54) is 18.3 Å². The summed E-state index contributed by atoms with van der Waals surface area (Å²) in [6.07, 6.45) is 4.31. The first kappa shape index (κ1) is 15.4. The van der Waals surface area contributed by atoms with Gasteiger partial charge < -0.3 is 5.32 Å². The molecule has 22 heavy (non-hydrogen) atoms. The van der Waals surface area contributed by atoms with Crippen molar-refractivity contribution in [3.63, 3.8) is 0 Å². The van der Waals surface area contributed by atoms with Crippen LogP contribution in [0.4, 0.5) is 9.52 Å². The van der Waals surface area contributed by atoms with Gasteiger partial charge in [-0.15, -0.1) is 0 Å². The molecular formula is C14H16FN3O2S2. The summed E-state index contributed by atoms with van der Waals surface area (Å²) in [5.74, 6) is 0.0198. The number of hydrogen-bond acceptors (Lipinski definition) is 5. The summed E-state index contributed by atoms with van der Waals surface area (Å²) in [4.78, 5) is 4.08. The molecular weight excluding hydrogens is 325 g/mol. The lowest BCUT2D eigenvalue weighted by Gasteiger charge is -2.21. The first-order valence-corrected chi connectivity index (χ1v) is 9.30. The first-order chi connectivity index (χ1) is 10.4. The molecule has 1 aliphatic rings. The fraction of sp³-hybridized carbons (Fsp3) is 0.357. The summed E-state index contributed by atoms with van der Waals surface area (Å²) in [7, 11) is -3.71. The van der Waals surface area contributed by atoms with E-state index in [4.69, 9.17) is 5.14 Å². The quantitative estimate of drug-likeness (QED) is 0.895. The fourth-order valence-corrected chi connectivity index (χ4v) is 4.37. The molecule has 8 heteroatoms. The largest absolute Gasteiger partial charge is 0.358 e. The van der Waals surface area contributed by atoms with Gasteiger partial charge in [-0.3, -0.25) is 0 Å². The van der Waals surface area contributed by atoms with Crippen LogP contribution in [0, 0.1) is 5.82 Å². The van der Waals surface area contributed by atoms with E-state index < -0.39 is 10.0 Å². The van der Waals surface area contributed by atoms with Gasteiger partial charge in [-0.2, -0.15) is 0 Å². The Balaban J connectivity index is 1.76. The number of nitrogens with two attached hydrogens (primary N) is 1. The van der Waals surface area contributed by atoms with Gasteiger partial charge in [0.1, 0.15) is 5.82 Å². The normalized spacial score (nSPS) is 21.9. The van der Waals surface area contributed by atoms with Crippen LogP contribution in [-0.2, 0) is 10.0 Å². The second kappa shape index (κ2) is 5.94. The van der Waals surface area contributed by atoms with Gasteiger partial charge in [0, 0.05) is 12.0 Å². The average molecular weight is 341 g/mol. The van der Waals surface area contributed by atoms with Crippen LogP contribution in [-0.4, -0.2) is 19.4 Å². The summed E-state index contributed by atoms with van der Waals surface area (Å²) in [5, 5.41) is 8.92. The molecule has 0 bridgehead atoms. The Kier molecular flexibility index (Phi) is 4.16. The number of aromatic nitrogens is 1. The molecule has 2 unspecified atom stereocenters. The van der Waals surface area contributed by atoms with Crippen LogP contribution in [0.1, 0.15) is 30.7 Å². The molecule has 2 aromatic rings. The number of nitrogens with zero attached hydrogens (tertiary/aromatic N) is 1. The molecule has 0 amide bonds. The van der Waals surface area contributed by atoms with Crippen molar-refractivity contribution in [2.24, 2.45) is 5.14 Å². The minimum Gasteiger partial charge on any atom is -0.358 e. The van der Waals surface area contributed by atoms with Gasteiger partial charge in [0.25, 0.3) is 0 Å². The fourth-order valence-electron chi connectivity index (χ4n) is 2.86. The van der Waals surface area contributed by atoms with Gasteiger partial charge in [-0.1, -0.05) is 29.9 Å². The minimum absolute atomic E-state index is 0.0475. The maximum atomic E-state index is 13.0. The smallest absolute Gasteiger partial charge is 0.249 e. The summed E-state index contributed by atoms with van der Waals surface area (Å²) in [5.41, 5.74) is 1.08. The number of sulfonamides is 1. The molecule has 1 fully saturated rings. The Morgan fingerprint density at radius 2 is 2.00 bits per heavy atom. The monoisotopic (exact) mass is 341 g/mol. The van der Waals surface area contributed by atoms with Crippen molar-refractivity contribution in [3.8, 4) is 0 Å². The summed E-state index contributed by atoms with van der Waals surface area (Å²) >= 11 is 1.03. The predicted octanol–water partition coefficient (Wildman–Crippen LogP) is 2.68. The maximum absolute atomic E-state index is 13.0. The van der Waals surface area contributed by atoms with E-state index in [-0.39, 0.29) is 22.0 Å². The molecule has 3 N–H and O–H groups in total. The Bertz CT molecular complexity index is 759. The molecule has 1 aromatic carbocycles. The summed E-state index contributed by atoms with van der Waals surface area (Å²) in [6, 6.07) is 6.69. The van der Waals surface area contributed by atoms with Crippen molar-refractivity contribution < 1.29 is 12.8 Å². The van der Waals surface area contributed by atoms with Crippen LogP contribution in [0.25, 0.3) is 0 Å². The molecule has 5 nitrogen and oxygen atoms in total. The zero-order valence-corrected chi connectivity index (χ0v) is 13.3. The second-order valence-corrected chi connectivity index (χ2v) is 8.19. The second-order valence-electron chi connectivity index (χ2n) is 5.37. The highest BCUT2D eigenvalue weighted by molar-refractivity contribution is 7.91. The van der Waals surface area contributed by atoms with E-state index in [0.717, 1.165) is 36.2 Å². The third-order valence-electron chi connectivity index (χ3n) is 3.89. The van der Waals surface area contributed by atoms with Crippen molar-refractivity contribution in [2.75, 3.05) is 5.32 Å². The minimum atomic E-state index is -3.71. The standard InChI is InChI=1S/C14H16FN3O2S2/c15-10-6-4-9(5-7-10)11-2-1-3-12(11)18-14-17-8-13(21-14)22(16,19)20/h4-8,11-12H,1-3H2,(H,17,18)(H2,16,19,20). The average Bonchev–Trinajstić information content (AvgIpc) is 3.09. The zero-order chi connectivity index (χ0) is 15.7. The third kappa shape index (κ3) is 3.29. The van der Waals surface area contributed by atoms with Gasteiger partial charge in [0.05, 0.1) is 6.20 Å². The van der Waals surface area contributed by atoms with Crippen molar-refractivity contribution in [1.29, 1.82) is 0 Å². The summed E-state index contributed by atoms with van der Waals surface area (Å²) in [6.45, 7) is 0. The number of benzene rings is 1. The van der Waals surface area contributed by atoms with Crippen LogP contribution in [0.2, 0.25) is 0 Å². The lowest BCUT2D eigenvalue weighted by atomic mass is 9.94. The lowest BCUT2D eigenvalue weighted by molar-refractivity contribution is 0.599. The molecule has 118 valence electrons. The molecule has 0 aliphatic heterocycles. The Labute approximate surface area is 132 Å². The number of rotatable bonds is 4. The molecule has 0 saturated heterocycles. The van der Waals surface area contributed by atoms with Crippen molar-refractivity contribution in [2.45, 2.75) is 35.4 Å². The highest BCUT2D eigenvalue weighted by Gasteiger charge is 2.29. The van der Waals surface area contributed by atoms with E-state index in [0.29, 0.717) is 5.13 Å². The Morgan fingerprint density at radius 1 is 1.27 bits per heavy atom. The lowest BCUT2D eigenvalue weighted by Crippen LogP contribution is -2.22. The molecule has 2 atom stereocenters. The zero-order valence-electron chi connectivity index (χ0n) is 11.7. The van der Waals surface area contributed by atoms with Crippen LogP contribution in [0.5, 0.6) is 0 Å². The van der Waals surface area contributed by atoms with Gasteiger partial charge in [0.15, 0.2) is 9.34 Å². The van der Waals surface area contributed by atoms with Crippen molar-refractivity contribution in [1.82, 2.24) is 4.98 Å². The molecule has 1 heterocycles. The van der Waals surface area contributed by atoms with E-state index in [9.17, 15) is 12.8 Å². The van der Waals surface area contributed by atoms with Crippen LogP contribution in [0.3, 0.4) is 0 Å². The van der Waals surface area contributed by atoms with Crippen LogP contribution in [0.15, 0.2) is 34.7 Å². The predicted molar refractivity (Wildman–Crippen MR) is 83.9 cm³/mol. The maximum Gasteiger partial charge on any atom is 0.249 e. The SMILES string of the molecule is NS(=O)(=O)c1cnc(NC2CCCC2c2ccc(F)cc2)s1. The number of hydrogen-bond donors (Lipinski definition) is 2. The third-order valence-corrected chi connectivity index (χ3v) is 6.22. The van der Waals surface area contributed by atoms with Crippen molar-refractivity contribution in [3.05, 3.63) is 41.8 Å². The van der Waals surface area contributed by atoms with Crippen molar-refractivity contribution >= 4 is 26.5 Å². The molecule has 0 radical (unpaired) electrons. The Morgan fingerprint density at radius 3 is 2.64 bits per heavy atom. The van der Waals surface area contributed by atoms with Gasteiger partial charge in [0.2, 0.25) is 10.0 Å². The van der Waals surface area contributed by atoms with E-state index in [1.54, 1.807) is 12.1 Å². The van der Waals surface area contributed by atoms with Gasteiger partial charge in [-0.05, 0) is 30.5 Å². The van der Waals surface area contributed by atoms with E-state index in [1.807, 2.05) is 0 Å². The highest BCUT2D eigenvalue weighted by atomic mass is 32.2. The van der Waals surface area contributed by atoms with E-state index >= 15 is 0 Å².